The number of aliphatic carboxylic acids is 1. The highest BCUT2D eigenvalue weighted by Crippen LogP contribution is 2.13. The molecule has 0 aliphatic rings. The molecule has 4 heteroatoms. The van der Waals surface area contributed by atoms with Gasteiger partial charge in [-0.05, 0) is 30.5 Å². The van der Waals surface area contributed by atoms with E-state index in [4.69, 9.17) is 10.8 Å². The summed E-state index contributed by atoms with van der Waals surface area (Å²) >= 11 is 0. The zero-order valence-electron chi connectivity index (χ0n) is 7.83. The maximum Gasteiger partial charge on any atom is 0.320 e. The van der Waals surface area contributed by atoms with Crippen molar-refractivity contribution in [2.45, 2.75) is 19.4 Å². The minimum absolute atomic E-state index is 0.152. The van der Waals surface area contributed by atoms with Crippen LogP contribution in [-0.2, 0) is 11.2 Å². The zero-order chi connectivity index (χ0) is 10.7. The Morgan fingerprint density at radius 3 is 2.86 bits per heavy atom. The minimum Gasteiger partial charge on any atom is -0.480 e. The summed E-state index contributed by atoms with van der Waals surface area (Å²) in [6.07, 6.45) is 0.152. The van der Waals surface area contributed by atoms with E-state index in [0.717, 1.165) is 0 Å². The van der Waals surface area contributed by atoms with Crippen molar-refractivity contribution >= 4 is 5.97 Å². The van der Waals surface area contributed by atoms with Gasteiger partial charge in [-0.2, -0.15) is 0 Å². The van der Waals surface area contributed by atoms with E-state index < -0.39 is 12.0 Å². The zero-order valence-corrected chi connectivity index (χ0v) is 7.83. The van der Waals surface area contributed by atoms with E-state index in [0.29, 0.717) is 11.1 Å². The first-order valence-electron chi connectivity index (χ1n) is 4.24. The molecule has 3 nitrogen and oxygen atoms in total. The maximum atomic E-state index is 13.0. The monoisotopic (exact) mass is 197 g/mol. The molecule has 1 aromatic carbocycles. The number of nitrogens with two attached hydrogens (primary N) is 1. The Kier molecular flexibility index (Phi) is 3.19. The summed E-state index contributed by atoms with van der Waals surface area (Å²) in [4.78, 5) is 10.5. The molecular formula is C10H12FNO2. The molecule has 14 heavy (non-hydrogen) atoms. The van der Waals surface area contributed by atoms with Gasteiger partial charge in [0.05, 0.1) is 0 Å². The Hall–Kier alpha value is -1.42. The standard InChI is InChI=1S/C10H12FNO2/c1-6-7(3-2-4-8(6)11)5-9(12)10(13)14/h2-4,9H,5,12H2,1H3,(H,13,14)/t9-/m0/s1. The second-order valence-electron chi connectivity index (χ2n) is 3.17. The molecule has 0 aliphatic carbocycles. The Balaban J connectivity index is 2.87. The summed E-state index contributed by atoms with van der Waals surface area (Å²) in [6, 6.07) is 3.59. The fraction of sp³-hybridized carbons (Fsp3) is 0.300. The summed E-state index contributed by atoms with van der Waals surface area (Å²) < 4.78 is 13.0. The molecule has 3 N–H and O–H groups in total. The number of carbonyl (C=O) groups is 1. The van der Waals surface area contributed by atoms with Crippen molar-refractivity contribution in [1.29, 1.82) is 0 Å². The van der Waals surface area contributed by atoms with Crippen LogP contribution in [0, 0.1) is 12.7 Å². The summed E-state index contributed by atoms with van der Waals surface area (Å²) in [7, 11) is 0. The molecule has 0 heterocycles. The van der Waals surface area contributed by atoms with E-state index in [1.54, 1.807) is 19.1 Å². The van der Waals surface area contributed by atoms with Crippen LogP contribution in [-0.4, -0.2) is 17.1 Å². The molecule has 0 aliphatic heterocycles. The SMILES string of the molecule is Cc1c(F)cccc1C[C@H](N)C(=O)O. The highest BCUT2D eigenvalue weighted by Gasteiger charge is 2.14. The third-order valence-electron chi connectivity index (χ3n) is 2.14. The smallest absolute Gasteiger partial charge is 0.320 e. The van der Waals surface area contributed by atoms with Gasteiger partial charge in [-0.1, -0.05) is 12.1 Å². The summed E-state index contributed by atoms with van der Waals surface area (Å²) in [6.45, 7) is 1.61. The number of halogens is 1. The van der Waals surface area contributed by atoms with Crippen LogP contribution in [0.15, 0.2) is 18.2 Å². The largest absolute Gasteiger partial charge is 0.480 e. The number of carboxylic acid groups (broad SMARTS) is 1. The second-order valence-corrected chi connectivity index (χ2v) is 3.17. The average Bonchev–Trinajstić information content (AvgIpc) is 2.12. The Morgan fingerprint density at radius 2 is 2.29 bits per heavy atom. The molecule has 0 radical (unpaired) electrons. The first-order valence-corrected chi connectivity index (χ1v) is 4.24. The molecule has 0 saturated heterocycles. The van der Waals surface area contributed by atoms with Crippen molar-refractivity contribution in [3.8, 4) is 0 Å². The lowest BCUT2D eigenvalue weighted by molar-refractivity contribution is -0.138. The molecule has 0 saturated carbocycles. The number of hydrogen-bond acceptors (Lipinski definition) is 2. The van der Waals surface area contributed by atoms with Crippen LogP contribution in [0.4, 0.5) is 4.39 Å². The van der Waals surface area contributed by atoms with Gasteiger partial charge in [0, 0.05) is 0 Å². The van der Waals surface area contributed by atoms with Gasteiger partial charge < -0.3 is 10.8 Å². The minimum atomic E-state index is -1.08. The average molecular weight is 197 g/mol. The molecule has 0 fully saturated rings. The number of rotatable bonds is 3. The fourth-order valence-electron chi connectivity index (χ4n) is 1.20. The Morgan fingerprint density at radius 1 is 1.64 bits per heavy atom. The van der Waals surface area contributed by atoms with Gasteiger partial charge in [0.15, 0.2) is 0 Å². The third kappa shape index (κ3) is 2.29. The molecular weight excluding hydrogens is 185 g/mol. The van der Waals surface area contributed by atoms with Crippen LogP contribution in [0.1, 0.15) is 11.1 Å². The first kappa shape index (κ1) is 10.7. The van der Waals surface area contributed by atoms with E-state index in [2.05, 4.69) is 0 Å². The van der Waals surface area contributed by atoms with Crippen LogP contribution < -0.4 is 5.73 Å². The highest BCUT2D eigenvalue weighted by atomic mass is 19.1. The highest BCUT2D eigenvalue weighted by molar-refractivity contribution is 5.73. The predicted molar refractivity (Wildman–Crippen MR) is 50.5 cm³/mol. The predicted octanol–water partition coefficient (Wildman–Crippen LogP) is 1.09. The van der Waals surface area contributed by atoms with Gasteiger partial charge in [0.2, 0.25) is 0 Å². The molecule has 0 bridgehead atoms. The molecule has 1 aromatic rings. The molecule has 0 aromatic heterocycles. The van der Waals surface area contributed by atoms with E-state index in [1.165, 1.54) is 6.07 Å². The molecule has 1 atom stereocenters. The Labute approximate surface area is 81.4 Å². The van der Waals surface area contributed by atoms with Gasteiger partial charge in [0.25, 0.3) is 0 Å². The normalized spacial score (nSPS) is 12.5. The number of hydrogen-bond donors (Lipinski definition) is 2. The summed E-state index contributed by atoms with van der Waals surface area (Å²) in [5.74, 6) is -1.41. The number of carboxylic acids is 1. The quantitative estimate of drug-likeness (QED) is 0.762. The van der Waals surface area contributed by atoms with Crippen molar-refractivity contribution < 1.29 is 14.3 Å². The van der Waals surface area contributed by atoms with E-state index >= 15 is 0 Å². The van der Waals surface area contributed by atoms with Crippen LogP contribution in [0.2, 0.25) is 0 Å². The maximum absolute atomic E-state index is 13.0. The number of benzene rings is 1. The fourth-order valence-corrected chi connectivity index (χ4v) is 1.20. The van der Waals surface area contributed by atoms with Crippen molar-refractivity contribution in [1.82, 2.24) is 0 Å². The first-order chi connectivity index (χ1) is 6.52. The lowest BCUT2D eigenvalue weighted by atomic mass is 10.0. The van der Waals surface area contributed by atoms with Gasteiger partial charge in [-0.3, -0.25) is 4.79 Å². The van der Waals surface area contributed by atoms with Gasteiger partial charge in [-0.25, -0.2) is 4.39 Å². The van der Waals surface area contributed by atoms with Gasteiger partial charge in [0.1, 0.15) is 11.9 Å². The molecule has 0 spiro atoms. The Bertz CT molecular complexity index is 352. The molecule has 76 valence electrons. The van der Waals surface area contributed by atoms with Crippen molar-refractivity contribution in [3.05, 3.63) is 35.1 Å². The van der Waals surface area contributed by atoms with Crippen molar-refractivity contribution in [2.24, 2.45) is 5.73 Å². The molecule has 0 amide bonds. The third-order valence-corrected chi connectivity index (χ3v) is 2.14. The topological polar surface area (TPSA) is 63.3 Å². The molecule has 1 rings (SSSR count). The summed E-state index contributed by atoms with van der Waals surface area (Å²) in [5, 5.41) is 8.58. The van der Waals surface area contributed by atoms with E-state index in [1.807, 2.05) is 0 Å². The lowest BCUT2D eigenvalue weighted by Crippen LogP contribution is -2.32. The molecule has 0 unspecified atom stereocenters. The van der Waals surface area contributed by atoms with Crippen LogP contribution in [0.25, 0.3) is 0 Å². The van der Waals surface area contributed by atoms with Crippen LogP contribution in [0.5, 0.6) is 0 Å². The second kappa shape index (κ2) is 4.19. The van der Waals surface area contributed by atoms with Crippen LogP contribution in [0.3, 0.4) is 0 Å². The van der Waals surface area contributed by atoms with E-state index in [-0.39, 0.29) is 12.2 Å². The summed E-state index contributed by atoms with van der Waals surface area (Å²) in [5.41, 5.74) is 6.45. The van der Waals surface area contributed by atoms with Crippen LogP contribution >= 0.6 is 0 Å². The van der Waals surface area contributed by atoms with Crippen molar-refractivity contribution in [2.75, 3.05) is 0 Å². The van der Waals surface area contributed by atoms with Gasteiger partial charge in [-0.15, -0.1) is 0 Å². The van der Waals surface area contributed by atoms with Crippen molar-refractivity contribution in [3.63, 3.8) is 0 Å². The van der Waals surface area contributed by atoms with E-state index in [9.17, 15) is 9.18 Å². The lowest BCUT2D eigenvalue weighted by Gasteiger charge is -2.09. The van der Waals surface area contributed by atoms with Gasteiger partial charge >= 0.3 is 5.97 Å².